The lowest BCUT2D eigenvalue weighted by Gasteiger charge is -2.04. The number of hydrogen-bond donors (Lipinski definition) is 0. The molecule has 1 aromatic carbocycles. The minimum atomic E-state index is 0.458. The normalized spacial score (nSPS) is 12.9. The van der Waals surface area contributed by atoms with Crippen molar-refractivity contribution >= 4 is 27.9 Å². The van der Waals surface area contributed by atoms with Crippen LogP contribution in [0.4, 0.5) is 0 Å². The van der Waals surface area contributed by atoms with Crippen LogP contribution in [0.25, 0.3) is 0 Å². The first-order chi connectivity index (χ1) is 7.72. The summed E-state index contributed by atoms with van der Waals surface area (Å²) in [6.45, 7) is 5.06. The van der Waals surface area contributed by atoms with Crippen LogP contribution in [0.1, 0.15) is 18.9 Å². The molecule has 1 nitrogen and oxygen atoms in total. The van der Waals surface area contributed by atoms with Crippen LogP contribution in [0.3, 0.4) is 0 Å². The van der Waals surface area contributed by atoms with E-state index in [1.807, 2.05) is 0 Å². The van der Waals surface area contributed by atoms with Gasteiger partial charge in [-0.15, -0.1) is 0 Å². The van der Waals surface area contributed by atoms with Gasteiger partial charge in [0.05, 0.1) is 6.61 Å². The first kappa shape index (κ1) is 13.8. The second kappa shape index (κ2) is 7.93. The second-order valence-corrected chi connectivity index (χ2v) is 6.84. The Balaban J connectivity index is 2.14. The molecule has 1 rings (SSSR count). The molecule has 3 heteroatoms. The van der Waals surface area contributed by atoms with Crippen molar-refractivity contribution in [2.24, 2.45) is 0 Å². The van der Waals surface area contributed by atoms with E-state index in [0.717, 1.165) is 13.0 Å². The highest BCUT2D eigenvalue weighted by molar-refractivity contribution is 8.14. The van der Waals surface area contributed by atoms with E-state index in [4.69, 9.17) is 4.18 Å². The van der Waals surface area contributed by atoms with Crippen molar-refractivity contribution in [1.82, 2.24) is 0 Å². The van der Waals surface area contributed by atoms with E-state index in [-0.39, 0.29) is 0 Å². The Hall–Kier alpha value is -0.250. The molecule has 0 radical (unpaired) electrons. The summed E-state index contributed by atoms with van der Waals surface area (Å²) in [5.41, 5.74) is 1.29. The molecule has 0 aromatic heterocycles. The standard InChI is InChI=1S/C13H20OS2/c1-4-16(3)11-5-10-14-15-13-8-6-12(2)7-9-13/h4,6-9H,5,10-11H2,1-3H3. The van der Waals surface area contributed by atoms with Crippen molar-refractivity contribution < 1.29 is 4.18 Å². The molecule has 0 aliphatic heterocycles. The Kier molecular flexibility index (Phi) is 6.85. The van der Waals surface area contributed by atoms with Crippen molar-refractivity contribution in [1.29, 1.82) is 0 Å². The molecule has 0 aliphatic rings. The lowest BCUT2D eigenvalue weighted by Crippen LogP contribution is -1.91. The minimum absolute atomic E-state index is 0.458. The highest BCUT2D eigenvalue weighted by Crippen LogP contribution is 2.19. The third-order valence-electron chi connectivity index (χ3n) is 2.27. The molecule has 16 heavy (non-hydrogen) atoms. The fourth-order valence-corrected chi connectivity index (χ4v) is 2.56. The summed E-state index contributed by atoms with van der Waals surface area (Å²) in [6.07, 6.45) is 3.41. The SMILES string of the molecule is C/C=S(\C)CCCOSc1ccc(C)cc1. The first-order valence-corrected chi connectivity index (χ1v) is 8.10. The summed E-state index contributed by atoms with van der Waals surface area (Å²) in [5, 5.41) is 2.27. The van der Waals surface area contributed by atoms with E-state index in [2.05, 4.69) is 49.7 Å². The Morgan fingerprint density at radius 3 is 2.62 bits per heavy atom. The predicted molar refractivity (Wildman–Crippen MR) is 77.7 cm³/mol. The first-order valence-electron chi connectivity index (χ1n) is 5.49. The van der Waals surface area contributed by atoms with Gasteiger partial charge in [0.15, 0.2) is 0 Å². The van der Waals surface area contributed by atoms with Gasteiger partial charge in [-0.05, 0) is 44.4 Å². The molecule has 0 fully saturated rings. The van der Waals surface area contributed by atoms with Gasteiger partial charge in [0, 0.05) is 16.9 Å². The number of rotatable bonds is 6. The maximum atomic E-state index is 5.56. The molecule has 1 unspecified atom stereocenters. The largest absolute Gasteiger partial charge is 0.310 e. The maximum absolute atomic E-state index is 5.56. The lowest BCUT2D eigenvalue weighted by molar-refractivity contribution is 0.375. The maximum Gasteiger partial charge on any atom is 0.0626 e. The van der Waals surface area contributed by atoms with Crippen LogP contribution in [-0.2, 0) is 4.18 Å². The molecular formula is C13H20OS2. The Labute approximate surface area is 106 Å². The summed E-state index contributed by atoms with van der Waals surface area (Å²) >= 11 is 1.48. The average molecular weight is 256 g/mol. The summed E-state index contributed by atoms with van der Waals surface area (Å²) in [5.74, 6) is 1.24. The van der Waals surface area contributed by atoms with Crippen LogP contribution in [0.5, 0.6) is 0 Å². The molecule has 0 heterocycles. The monoisotopic (exact) mass is 256 g/mol. The third-order valence-corrected chi connectivity index (χ3v) is 4.76. The quantitative estimate of drug-likeness (QED) is 0.430. The van der Waals surface area contributed by atoms with Crippen LogP contribution in [-0.4, -0.2) is 24.0 Å². The van der Waals surface area contributed by atoms with E-state index < -0.39 is 0 Å². The number of aryl methyl sites for hydroxylation is 1. The van der Waals surface area contributed by atoms with Crippen LogP contribution < -0.4 is 0 Å². The van der Waals surface area contributed by atoms with Gasteiger partial charge in [-0.3, -0.25) is 0 Å². The van der Waals surface area contributed by atoms with Gasteiger partial charge in [-0.25, -0.2) is 0 Å². The topological polar surface area (TPSA) is 9.23 Å². The highest BCUT2D eigenvalue weighted by Gasteiger charge is 1.95. The van der Waals surface area contributed by atoms with Crippen LogP contribution in [0, 0.1) is 6.92 Å². The summed E-state index contributed by atoms with van der Waals surface area (Å²) < 4.78 is 5.56. The van der Waals surface area contributed by atoms with Gasteiger partial charge in [0.2, 0.25) is 0 Å². The molecule has 1 atom stereocenters. The molecule has 0 saturated carbocycles. The fraction of sp³-hybridized carbons (Fsp3) is 0.462. The van der Waals surface area contributed by atoms with Crippen molar-refractivity contribution in [2.45, 2.75) is 25.2 Å². The lowest BCUT2D eigenvalue weighted by atomic mass is 10.2. The Morgan fingerprint density at radius 1 is 1.31 bits per heavy atom. The van der Waals surface area contributed by atoms with Gasteiger partial charge < -0.3 is 4.18 Å². The zero-order chi connectivity index (χ0) is 11.8. The van der Waals surface area contributed by atoms with Crippen molar-refractivity contribution in [3.8, 4) is 0 Å². The van der Waals surface area contributed by atoms with E-state index in [1.165, 1.54) is 28.3 Å². The van der Waals surface area contributed by atoms with E-state index >= 15 is 0 Å². The molecule has 0 amide bonds. The second-order valence-electron chi connectivity index (χ2n) is 3.70. The molecule has 0 N–H and O–H groups in total. The molecule has 0 aliphatic carbocycles. The van der Waals surface area contributed by atoms with Gasteiger partial charge in [0.25, 0.3) is 0 Å². The molecular weight excluding hydrogens is 236 g/mol. The summed E-state index contributed by atoms with van der Waals surface area (Å²) in [7, 11) is 0.458. The van der Waals surface area contributed by atoms with Gasteiger partial charge >= 0.3 is 0 Å². The van der Waals surface area contributed by atoms with E-state index in [9.17, 15) is 0 Å². The predicted octanol–water partition coefficient (Wildman–Crippen LogP) is 4.13. The fourth-order valence-electron chi connectivity index (χ4n) is 1.17. The van der Waals surface area contributed by atoms with Gasteiger partial charge in [-0.2, -0.15) is 10.5 Å². The number of benzene rings is 1. The van der Waals surface area contributed by atoms with Gasteiger partial charge in [0.1, 0.15) is 0 Å². The zero-order valence-corrected chi connectivity index (χ0v) is 11.9. The number of hydrogen-bond acceptors (Lipinski definition) is 2. The molecule has 0 bridgehead atoms. The van der Waals surface area contributed by atoms with Crippen LogP contribution >= 0.6 is 22.5 Å². The van der Waals surface area contributed by atoms with Crippen LogP contribution in [0.15, 0.2) is 29.2 Å². The van der Waals surface area contributed by atoms with Crippen molar-refractivity contribution in [3.63, 3.8) is 0 Å². The molecule has 0 spiro atoms. The Bertz CT molecular complexity index is 330. The minimum Gasteiger partial charge on any atom is -0.310 e. The van der Waals surface area contributed by atoms with Crippen LogP contribution in [0.2, 0.25) is 0 Å². The molecule has 1 aromatic rings. The smallest absolute Gasteiger partial charge is 0.0626 e. The average Bonchev–Trinajstić information content (AvgIpc) is 2.31. The zero-order valence-electron chi connectivity index (χ0n) is 10.2. The van der Waals surface area contributed by atoms with Gasteiger partial charge in [-0.1, -0.05) is 23.1 Å². The van der Waals surface area contributed by atoms with Crippen molar-refractivity contribution in [3.05, 3.63) is 29.8 Å². The van der Waals surface area contributed by atoms with E-state index in [1.54, 1.807) is 0 Å². The highest BCUT2D eigenvalue weighted by atomic mass is 32.2. The summed E-state index contributed by atoms with van der Waals surface area (Å²) in [4.78, 5) is 1.18. The molecule has 90 valence electrons. The molecule has 0 saturated heterocycles. The summed E-state index contributed by atoms with van der Waals surface area (Å²) in [6, 6.07) is 8.43. The van der Waals surface area contributed by atoms with E-state index in [0.29, 0.717) is 10.5 Å². The Morgan fingerprint density at radius 2 is 2.00 bits per heavy atom. The van der Waals surface area contributed by atoms with Crippen molar-refractivity contribution in [2.75, 3.05) is 18.6 Å². The third kappa shape index (κ3) is 5.73.